The molecule has 0 bridgehead atoms. The van der Waals surface area contributed by atoms with E-state index in [1.54, 1.807) is 16.4 Å². The first-order valence-electron chi connectivity index (χ1n) is 13.0. The molecular weight excluding hydrogens is 492 g/mol. The van der Waals surface area contributed by atoms with Gasteiger partial charge in [0.1, 0.15) is 5.75 Å². The summed E-state index contributed by atoms with van der Waals surface area (Å²) in [4.78, 5) is 2.62. The fraction of sp³-hybridized carbons (Fsp3) is 0.519. The molecule has 196 valence electrons. The van der Waals surface area contributed by atoms with Gasteiger partial charge in [0.15, 0.2) is 5.11 Å². The van der Waals surface area contributed by atoms with Crippen LogP contribution in [0.4, 0.5) is 17.1 Å². The molecule has 2 aliphatic heterocycles. The predicted molar refractivity (Wildman–Crippen MR) is 152 cm³/mol. The van der Waals surface area contributed by atoms with Gasteiger partial charge in [-0.05, 0) is 99.1 Å². The molecule has 2 aliphatic rings. The second kappa shape index (κ2) is 11.8. The van der Waals surface area contributed by atoms with Crippen LogP contribution in [-0.2, 0) is 10.0 Å². The van der Waals surface area contributed by atoms with Crippen molar-refractivity contribution in [2.45, 2.75) is 51.3 Å². The zero-order valence-corrected chi connectivity index (χ0v) is 23.1. The molecular formula is C27H38N4O3S2. The summed E-state index contributed by atoms with van der Waals surface area (Å²) >= 11 is 5.62. The lowest BCUT2D eigenvalue weighted by Crippen LogP contribution is -2.38. The third-order valence-corrected chi connectivity index (χ3v) is 9.24. The molecule has 0 unspecified atom stereocenters. The zero-order chi connectivity index (χ0) is 25.7. The molecule has 2 heterocycles. The molecule has 7 nitrogen and oxygen atoms in total. The number of thiocarbonyl (C=S) groups is 1. The van der Waals surface area contributed by atoms with Crippen LogP contribution in [0, 0.1) is 11.8 Å². The largest absolute Gasteiger partial charge is 0.494 e. The molecule has 0 atom stereocenters. The van der Waals surface area contributed by atoms with Crippen molar-refractivity contribution >= 4 is 44.4 Å². The summed E-state index contributed by atoms with van der Waals surface area (Å²) in [6.07, 6.45) is 4.01. The lowest BCUT2D eigenvalue weighted by molar-refractivity contribution is 0.288. The van der Waals surface area contributed by atoms with E-state index in [4.69, 9.17) is 17.0 Å². The minimum absolute atomic E-state index is 0.303. The molecule has 4 rings (SSSR count). The smallest absolute Gasteiger partial charge is 0.243 e. The van der Waals surface area contributed by atoms with Crippen molar-refractivity contribution in [3.8, 4) is 5.75 Å². The normalized spacial score (nSPS) is 18.1. The molecule has 2 aromatic rings. The maximum absolute atomic E-state index is 13.5. The molecule has 0 radical (unpaired) electrons. The number of hydrogen-bond acceptors (Lipinski definition) is 5. The fourth-order valence-corrected chi connectivity index (χ4v) is 6.49. The maximum atomic E-state index is 13.5. The fourth-order valence-electron chi connectivity index (χ4n) is 4.76. The summed E-state index contributed by atoms with van der Waals surface area (Å²) in [6, 6.07) is 13.0. The Hall–Kier alpha value is -2.36. The number of piperidine rings is 2. The first kappa shape index (κ1) is 26.7. The van der Waals surface area contributed by atoms with E-state index in [2.05, 4.69) is 29.4 Å². The van der Waals surface area contributed by atoms with Gasteiger partial charge in [0.2, 0.25) is 10.0 Å². The van der Waals surface area contributed by atoms with Gasteiger partial charge in [0.05, 0.1) is 22.9 Å². The highest BCUT2D eigenvalue weighted by Gasteiger charge is 2.29. The highest BCUT2D eigenvalue weighted by molar-refractivity contribution is 7.89. The number of sulfonamides is 1. The average molecular weight is 531 g/mol. The molecule has 9 heteroatoms. The molecule has 0 aliphatic carbocycles. The van der Waals surface area contributed by atoms with Crippen LogP contribution in [0.1, 0.15) is 46.5 Å². The van der Waals surface area contributed by atoms with Crippen LogP contribution in [0.15, 0.2) is 47.4 Å². The lowest BCUT2D eigenvalue weighted by atomic mass is 9.98. The van der Waals surface area contributed by atoms with Crippen LogP contribution in [0.5, 0.6) is 5.75 Å². The second-order valence-electron chi connectivity index (χ2n) is 9.97. The number of rotatable bonds is 7. The molecule has 2 fully saturated rings. The summed E-state index contributed by atoms with van der Waals surface area (Å²) < 4.78 is 34.1. The first-order chi connectivity index (χ1) is 17.3. The topological polar surface area (TPSA) is 73.9 Å². The Morgan fingerprint density at radius 2 is 1.56 bits per heavy atom. The summed E-state index contributed by atoms with van der Waals surface area (Å²) in [5.74, 6) is 2.05. The SMILES string of the molecule is CCOc1ccc(NC(=S)Nc2cc(S(=O)(=O)N3CCC(C)CC3)ccc2N2CCC(C)CC2)cc1. The number of benzene rings is 2. The van der Waals surface area contributed by atoms with Crippen molar-refractivity contribution in [3.05, 3.63) is 42.5 Å². The van der Waals surface area contributed by atoms with E-state index in [0.29, 0.717) is 47.2 Å². The van der Waals surface area contributed by atoms with Gasteiger partial charge in [-0.3, -0.25) is 0 Å². The van der Waals surface area contributed by atoms with E-state index in [1.807, 2.05) is 37.3 Å². The Labute approximate surface area is 221 Å². The van der Waals surface area contributed by atoms with Crippen LogP contribution in [0.2, 0.25) is 0 Å². The van der Waals surface area contributed by atoms with Crippen molar-refractivity contribution in [1.29, 1.82) is 0 Å². The monoisotopic (exact) mass is 530 g/mol. The van der Waals surface area contributed by atoms with E-state index >= 15 is 0 Å². The van der Waals surface area contributed by atoms with Crippen molar-refractivity contribution in [2.24, 2.45) is 11.8 Å². The second-order valence-corrected chi connectivity index (χ2v) is 12.3. The third kappa shape index (κ3) is 6.49. The molecule has 2 saturated heterocycles. The molecule has 2 N–H and O–H groups in total. The van der Waals surface area contributed by atoms with Gasteiger partial charge < -0.3 is 20.3 Å². The molecule has 2 aromatic carbocycles. The molecule has 0 spiro atoms. The van der Waals surface area contributed by atoms with Crippen molar-refractivity contribution < 1.29 is 13.2 Å². The average Bonchev–Trinajstić information content (AvgIpc) is 2.86. The van der Waals surface area contributed by atoms with Crippen LogP contribution >= 0.6 is 12.2 Å². The minimum atomic E-state index is -3.57. The van der Waals surface area contributed by atoms with Crippen LogP contribution in [-0.4, -0.2) is 50.6 Å². The van der Waals surface area contributed by atoms with E-state index < -0.39 is 10.0 Å². The van der Waals surface area contributed by atoms with Crippen LogP contribution < -0.4 is 20.3 Å². The van der Waals surface area contributed by atoms with Gasteiger partial charge in [0.25, 0.3) is 0 Å². The number of nitrogens with one attached hydrogen (secondary N) is 2. The van der Waals surface area contributed by atoms with Gasteiger partial charge in [-0.1, -0.05) is 13.8 Å². The van der Waals surface area contributed by atoms with Gasteiger partial charge in [-0.25, -0.2) is 8.42 Å². The Bertz CT molecular complexity index is 1140. The molecule has 0 amide bonds. The Balaban J connectivity index is 1.57. The first-order valence-corrected chi connectivity index (χ1v) is 14.8. The molecule has 0 saturated carbocycles. The van der Waals surface area contributed by atoms with Crippen molar-refractivity contribution in [2.75, 3.05) is 48.3 Å². The van der Waals surface area contributed by atoms with Crippen LogP contribution in [0.3, 0.4) is 0 Å². The summed E-state index contributed by atoms with van der Waals surface area (Å²) in [7, 11) is -3.57. The van der Waals surface area contributed by atoms with Crippen LogP contribution in [0.25, 0.3) is 0 Å². The van der Waals surface area contributed by atoms with Gasteiger partial charge >= 0.3 is 0 Å². The highest BCUT2D eigenvalue weighted by atomic mass is 32.2. The summed E-state index contributed by atoms with van der Waals surface area (Å²) in [5, 5.41) is 6.91. The minimum Gasteiger partial charge on any atom is -0.494 e. The summed E-state index contributed by atoms with van der Waals surface area (Å²) in [6.45, 7) is 10.0. The highest BCUT2D eigenvalue weighted by Crippen LogP contribution is 2.34. The molecule has 0 aromatic heterocycles. The van der Waals surface area contributed by atoms with Gasteiger partial charge in [-0.15, -0.1) is 0 Å². The Morgan fingerprint density at radius 1 is 0.944 bits per heavy atom. The number of anilines is 3. The van der Waals surface area contributed by atoms with E-state index in [0.717, 1.165) is 55.9 Å². The number of ether oxygens (including phenoxy) is 1. The Kier molecular flexibility index (Phi) is 8.74. The zero-order valence-electron chi connectivity index (χ0n) is 21.5. The van der Waals surface area contributed by atoms with Crippen molar-refractivity contribution in [3.63, 3.8) is 0 Å². The predicted octanol–water partition coefficient (Wildman–Crippen LogP) is 5.55. The van der Waals surface area contributed by atoms with E-state index in [1.165, 1.54) is 0 Å². The quantitative estimate of drug-likeness (QED) is 0.455. The number of hydrogen-bond donors (Lipinski definition) is 2. The third-order valence-electron chi connectivity index (χ3n) is 7.14. The Morgan fingerprint density at radius 3 is 2.17 bits per heavy atom. The number of nitrogens with zero attached hydrogens (tertiary/aromatic N) is 2. The van der Waals surface area contributed by atoms with Crippen molar-refractivity contribution in [1.82, 2.24) is 4.31 Å². The van der Waals surface area contributed by atoms with Gasteiger partial charge in [-0.2, -0.15) is 4.31 Å². The van der Waals surface area contributed by atoms with E-state index in [-0.39, 0.29) is 0 Å². The summed E-state index contributed by atoms with van der Waals surface area (Å²) in [5.41, 5.74) is 2.51. The van der Waals surface area contributed by atoms with Gasteiger partial charge in [0, 0.05) is 31.9 Å². The van der Waals surface area contributed by atoms with E-state index in [9.17, 15) is 8.42 Å². The molecule has 36 heavy (non-hydrogen) atoms. The maximum Gasteiger partial charge on any atom is 0.243 e. The standard InChI is InChI=1S/C27H38N4O3S2/c1-4-34-23-7-5-22(6-8-23)28-27(35)29-25-19-24(36(32,33)31-17-13-21(3)14-18-31)9-10-26(25)30-15-11-20(2)12-16-30/h5-10,19-21H,4,11-18H2,1-3H3,(H2,28,29,35). The lowest BCUT2D eigenvalue weighted by Gasteiger charge is -2.34.